The van der Waals surface area contributed by atoms with Crippen LogP contribution in [0.1, 0.15) is 69.9 Å². The Bertz CT molecular complexity index is 885. The lowest BCUT2D eigenvalue weighted by Gasteiger charge is -2.24. The molecule has 1 saturated heterocycles. The van der Waals surface area contributed by atoms with Gasteiger partial charge < -0.3 is 14.7 Å². The number of rotatable bonds is 12. The van der Waals surface area contributed by atoms with Crippen LogP contribution in [-0.4, -0.2) is 46.7 Å². The van der Waals surface area contributed by atoms with Crippen molar-refractivity contribution in [1.82, 2.24) is 4.90 Å². The zero-order valence-corrected chi connectivity index (χ0v) is 19.9. The summed E-state index contributed by atoms with van der Waals surface area (Å²) in [4.78, 5) is 25.3. The van der Waals surface area contributed by atoms with Crippen LogP contribution in [0.25, 0.3) is 0 Å². The maximum atomic E-state index is 14.6. The first-order valence-corrected chi connectivity index (χ1v) is 11.7. The molecule has 1 fully saturated rings. The molecular weight excluding hydrogens is 473 g/mol. The second-order valence-electron chi connectivity index (χ2n) is 8.93. The number of esters is 1. The molecular formula is C25H32F5NO4. The molecule has 0 radical (unpaired) electrons. The Kier molecular flexibility index (Phi) is 10.2. The maximum absolute atomic E-state index is 14.6. The predicted molar refractivity (Wildman–Crippen MR) is 120 cm³/mol. The lowest BCUT2D eigenvalue weighted by atomic mass is 9.99. The van der Waals surface area contributed by atoms with Crippen LogP contribution in [0.15, 0.2) is 36.4 Å². The molecule has 2 rings (SSSR count). The number of ether oxygens (including phenoxy) is 1. The number of hydrogen-bond acceptors (Lipinski definition) is 4. The Morgan fingerprint density at radius 3 is 2.46 bits per heavy atom. The van der Waals surface area contributed by atoms with Crippen molar-refractivity contribution in [2.75, 3.05) is 6.54 Å². The minimum atomic E-state index is -4.78. The molecule has 5 nitrogen and oxygen atoms in total. The van der Waals surface area contributed by atoms with Gasteiger partial charge in [-0.05, 0) is 45.2 Å². The number of carbonyl (C=O) groups is 2. The highest BCUT2D eigenvalue weighted by Crippen LogP contribution is 2.37. The Labute approximate surface area is 201 Å². The second-order valence-corrected chi connectivity index (χ2v) is 8.93. The van der Waals surface area contributed by atoms with Crippen molar-refractivity contribution in [3.8, 4) is 0 Å². The third-order valence-corrected chi connectivity index (χ3v) is 5.73. The standard InChI is InChI=1S/C25H32F5NO4/c1-17(2)35-23(34)10-5-3-4-6-15-31-20(12-14-22(31)33)11-13-21(32)24(26,27)18-8-7-9-19(16-18)25(28,29)30/h7-9,11,13,16-17,20-21,32H,3-6,10,12,14-15H2,1-2H3/b13-11+/t20-,21+/m0/s1. The van der Waals surface area contributed by atoms with Crippen LogP contribution in [0.3, 0.4) is 0 Å². The first-order valence-electron chi connectivity index (χ1n) is 11.7. The number of alkyl halides is 5. The minimum absolute atomic E-state index is 0.126. The van der Waals surface area contributed by atoms with Gasteiger partial charge in [0.05, 0.1) is 17.7 Å². The lowest BCUT2D eigenvalue weighted by Crippen LogP contribution is -2.34. The van der Waals surface area contributed by atoms with Gasteiger partial charge in [-0.15, -0.1) is 0 Å². The fourth-order valence-corrected chi connectivity index (χ4v) is 3.90. The SMILES string of the molecule is CC(C)OC(=O)CCCCCCN1C(=O)CC[C@@H]1/C=C/[C@@H](O)C(F)(F)c1cccc(C(F)(F)F)c1. The molecule has 0 saturated carbocycles. The summed E-state index contributed by atoms with van der Waals surface area (Å²) in [7, 11) is 0. The summed E-state index contributed by atoms with van der Waals surface area (Å²) in [6, 6.07) is 2.23. The summed E-state index contributed by atoms with van der Waals surface area (Å²) in [6.07, 6.45) is -1.28. The van der Waals surface area contributed by atoms with E-state index >= 15 is 0 Å². The van der Waals surface area contributed by atoms with E-state index in [-0.39, 0.29) is 24.4 Å². The zero-order chi connectivity index (χ0) is 26.2. The van der Waals surface area contributed by atoms with Gasteiger partial charge in [-0.3, -0.25) is 9.59 Å². The lowest BCUT2D eigenvalue weighted by molar-refractivity contribution is -0.147. The summed E-state index contributed by atoms with van der Waals surface area (Å²) in [5, 5.41) is 10.0. The largest absolute Gasteiger partial charge is 0.463 e. The molecule has 2 atom stereocenters. The molecule has 1 N–H and O–H groups in total. The van der Waals surface area contributed by atoms with Crippen LogP contribution in [0, 0.1) is 0 Å². The fourth-order valence-electron chi connectivity index (χ4n) is 3.90. The molecule has 1 aliphatic heterocycles. The van der Waals surface area contributed by atoms with Gasteiger partial charge >= 0.3 is 18.1 Å². The van der Waals surface area contributed by atoms with Gasteiger partial charge in [0, 0.05) is 24.9 Å². The van der Waals surface area contributed by atoms with Gasteiger partial charge in [-0.1, -0.05) is 37.1 Å². The van der Waals surface area contributed by atoms with Crippen molar-refractivity contribution >= 4 is 11.9 Å². The number of unbranched alkanes of at least 4 members (excludes halogenated alkanes) is 3. The normalized spacial score (nSPS) is 18.0. The Morgan fingerprint density at radius 2 is 1.80 bits per heavy atom. The van der Waals surface area contributed by atoms with Crippen LogP contribution >= 0.6 is 0 Å². The highest BCUT2D eigenvalue weighted by molar-refractivity contribution is 5.79. The molecule has 0 bridgehead atoms. The molecule has 1 aromatic carbocycles. The molecule has 0 unspecified atom stereocenters. The molecule has 196 valence electrons. The van der Waals surface area contributed by atoms with Crippen LogP contribution in [0.4, 0.5) is 22.0 Å². The predicted octanol–water partition coefficient (Wildman–Crippen LogP) is 5.61. The molecule has 1 amide bonds. The molecule has 0 aliphatic carbocycles. The van der Waals surface area contributed by atoms with Gasteiger partial charge in [0.1, 0.15) is 6.10 Å². The number of aliphatic hydroxyl groups is 1. The van der Waals surface area contributed by atoms with Gasteiger partial charge in [0.25, 0.3) is 0 Å². The average molecular weight is 506 g/mol. The quantitative estimate of drug-likeness (QED) is 0.174. The van der Waals surface area contributed by atoms with Crippen molar-refractivity contribution in [3.63, 3.8) is 0 Å². The highest BCUT2D eigenvalue weighted by Gasteiger charge is 2.41. The van der Waals surface area contributed by atoms with E-state index in [1.54, 1.807) is 18.7 Å². The second kappa shape index (κ2) is 12.5. The van der Waals surface area contributed by atoms with Crippen LogP contribution < -0.4 is 0 Å². The van der Waals surface area contributed by atoms with Crippen molar-refractivity contribution in [1.29, 1.82) is 0 Å². The minimum Gasteiger partial charge on any atom is -0.463 e. The molecule has 0 spiro atoms. The topological polar surface area (TPSA) is 66.8 Å². The van der Waals surface area contributed by atoms with Crippen LogP contribution in [-0.2, 0) is 26.4 Å². The van der Waals surface area contributed by atoms with Crippen molar-refractivity contribution in [3.05, 3.63) is 47.5 Å². The van der Waals surface area contributed by atoms with E-state index in [1.807, 2.05) is 0 Å². The smallest absolute Gasteiger partial charge is 0.416 e. The van der Waals surface area contributed by atoms with Gasteiger partial charge in [-0.25, -0.2) is 0 Å². The molecule has 1 aromatic rings. The average Bonchev–Trinajstić information content (AvgIpc) is 3.12. The zero-order valence-electron chi connectivity index (χ0n) is 19.9. The first kappa shape index (κ1) is 28.7. The molecule has 1 heterocycles. The summed E-state index contributed by atoms with van der Waals surface area (Å²) in [6.45, 7) is 3.97. The number of hydrogen-bond donors (Lipinski definition) is 1. The molecule has 1 aliphatic rings. The Hall–Kier alpha value is -2.49. The van der Waals surface area contributed by atoms with Crippen molar-refractivity contribution in [2.24, 2.45) is 0 Å². The van der Waals surface area contributed by atoms with E-state index in [0.29, 0.717) is 44.4 Å². The number of aliphatic hydroxyl groups excluding tert-OH is 1. The monoisotopic (exact) mass is 505 g/mol. The summed E-state index contributed by atoms with van der Waals surface area (Å²) in [5.74, 6) is -4.32. The van der Waals surface area contributed by atoms with Crippen LogP contribution in [0.2, 0.25) is 0 Å². The van der Waals surface area contributed by atoms with E-state index in [4.69, 9.17) is 4.74 Å². The molecule has 10 heteroatoms. The Morgan fingerprint density at radius 1 is 1.14 bits per heavy atom. The van der Waals surface area contributed by atoms with E-state index < -0.39 is 35.4 Å². The number of amides is 1. The summed E-state index contributed by atoms with van der Waals surface area (Å²) in [5.41, 5.74) is -2.17. The number of benzene rings is 1. The number of likely N-dealkylation sites (tertiary alicyclic amines) is 1. The Balaban J connectivity index is 1.89. The van der Waals surface area contributed by atoms with Gasteiger partial charge in [0.2, 0.25) is 5.91 Å². The fraction of sp³-hybridized carbons (Fsp3) is 0.600. The summed E-state index contributed by atoms with van der Waals surface area (Å²) >= 11 is 0. The maximum Gasteiger partial charge on any atom is 0.416 e. The van der Waals surface area contributed by atoms with Crippen molar-refractivity contribution < 1.29 is 41.4 Å². The van der Waals surface area contributed by atoms with E-state index in [0.717, 1.165) is 31.1 Å². The molecule has 0 aromatic heterocycles. The van der Waals surface area contributed by atoms with Crippen LogP contribution in [0.5, 0.6) is 0 Å². The first-order chi connectivity index (χ1) is 16.3. The van der Waals surface area contributed by atoms with Gasteiger partial charge in [0.15, 0.2) is 0 Å². The molecule has 35 heavy (non-hydrogen) atoms. The number of halogens is 5. The number of carbonyl (C=O) groups excluding carboxylic acids is 2. The van der Waals surface area contributed by atoms with E-state index in [2.05, 4.69) is 0 Å². The van der Waals surface area contributed by atoms with E-state index in [1.165, 1.54) is 6.08 Å². The third kappa shape index (κ3) is 8.59. The van der Waals surface area contributed by atoms with E-state index in [9.17, 15) is 36.6 Å². The van der Waals surface area contributed by atoms with Gasteiger partial charge in [-0.2, -0.15) is 22.0 Å². The number of nitrogens with zero attached hydrogens (tertiary/aromatic N) is 1. The van der Waals surface area contributed by atoms with Crippen molar-refractivity contribution in [2.45, 2.75) is 89.1 Å². The summed E-state index contributed by atoms with van der Waals surface area (Å²) < 4.78 is 72.9. The highest BCUT2D eigenvalue weighted by atomic mass is 19.4. The third-order valence-electron chi connectivity index (χ3n) is 5.73.